The standard InChI is InChI=1S/C14H17N3O3S.C14H16O4S/c1-3-9-5-10-4-8(2)7-21(19,20)12(10)6-11(9)13(18)17-14(15)16;1-4-10-6-11-5-9(2)8-19(16,17)13(11)7-12(10)14(15)18-3/h5-7H,3-4H2,1-2H3,(H4,15,16,17,18);6-8H,4-5H2,1-3H3. The van der Waals surface area contributed by atoms with Gasteiger partial charge >= 0.3 is 5.97 Å². The molecule has 2 aliphatic rings. The minimum atomic E-state index is -3.53. The first-order valence-corrected chi connectivity index (χ1v) is 15.6. The van der Waals surface area contributed by atoms with Crippen molar-refractivity contribution in [2.75, 3.05) is 7.11 Å². The van der Waals surface area contributed by atoms with Crippen molar-refractivity contribution in [3.05, 3.63) is 79.6 Å². The lowest BCUT2D eigenvalue weighted by molar-refractivity contribution is 0.0599. The minimum absolute atomic E-state index is 0.152. The van der Waals surface area contributed by atoms with E-state index >= 15 is 0 Å². The summed E-state index contributed by atoms with van der Waals surface area (Å²) in [5, 5.41) is 2.50. The summed E-state index contributed by atoms with van der Waals surface area (Å²) in [4.78, 5) is 27.6. The van der Waals surface area contributed by atoms with E-state index in [9.17, 15) is 26.4 Å². The molecule has 0 spiro atoms. The molecule has 2 aliphatic heterocycles. The molecule has 4 N–H and O–H groups in total. The first-order chi connectivity index (χ1) is 18.6. The van der Waals surface area contributed by atoms with Crippen molar-refractivity contribution in [1.82, 2.24) is 0 Å². The Morgan fingerprint density at radius 1 is 0.800 bits per heavy atom. The number of ether oxygens (including phenoxy) is 1. The maximum atomic E-state index is 12.2. The van der Waals surface area contributed by atoms with Gasteiger partial charge in [-0.1, -0.05) is 37.1 Å². The Kier molecular flexibility index (Phi) is 9.05. The van der Waals surface area contributed by atoms with E-state index in [2.05, 4.69) is 4.99 Å². The molecule has 0 fully saturated rings. The van der Waals surface area contributed by atoms with E-state index in [4.69, 9.17) is 16.2 Å². The van der Waals surface area contributed by atoms with Crippen LogP contribution in [-0.4, -0.2) is 41.8 Å². The van der Waals surface area contributed by atoms with Crippen LogP contribution in [0.4, 0.5) is 0 Å². The van der Waals surface area contributed by atoms with Crippen molar-refractivity contribution >= 4 is 37.5 Å². The van der Waals surface area contributed by atoms with Gasteiger partial charge < -0.3 is 16.2 Å². The second-order valence-electron chi connectivity index (χ2n) is 9.65. The highest BCUT2D eigenvalue weighted by Crippen LogP contribution is 2.32. The summed E-state index contributed by atoms with van der Waals surface area (Å²) in [6, 6.07) is 6.37. The SMILES string of the molecule is CCc1cc2c(cc1C(=O)N=C(N)N)S(=O)(=O)C=C(C)C2.CCc1cc2c(cc1C(=O)OC)S(=O)(=O)C=C(C)C2. The van der Waals surface area contributed by atoms with Crippen molar-refractivity contribution in [2.24, 2.45) is 16.5 Å². The lowest BCUT2D eigenvalue weighted by atomic mass is 9.98. The van der Waals surface area contributed by atoms with E-state index in [0.29, 0.717) is 36.8 Å². The number of aliphatic imine (C=N–C) groups is 1. The second kappa shape index (κ2) is 11.8. The predicted octanol–water partition coefficient (Wildman–Crippen LogP) is 3.17. The van der Waals surface area contributed by atoms with Crippen molar-refractivity contribution in [3.8, 4) is 0 Å². The van der Waals surface area contributed by atoms with Crippen LogP contribution >= 0.6 is 0 Å². The molecule has 0 atom stereocenters. The highest BCUT2D eigenvalue weighted by molar-refractivity contribution is 7.94. The molecular weight excluding hydrogens is 554 g/mol. The molecule has 2 heterocycles. The Labute approximate surface area is 234 Å². The fourth-order valence-corrected chi connectivity index (χ4v) is 7.80. The van der Waals surface area contributed by atoms with Gasteiger partial charge in [0.25, 0.3) is 5.91 Å². The molecule has 0 bridgehead atoms. The summed E-state index contributed by atoms with van der Waals surface area (Å²) in [5.41, 5.74) is 15.6. The van der Waals surface area contributed by atoms with Gasteiger partial charge in [0, 0.05) is 16.4 Å². The molecule has 4 rings (SSSR count). The number of fused-ring (bicyclic) bond motifs is 2. The number of carbonyl (C=O) groups excluding carboxylic acids is 2. The highest BCUT2D eigenvalue weighted by Gasteiger charge is 2.26. The Balaban J connectivity index is 0.000000222. The summed E-state index contributed by atoms with van der Waals surface area (Å²) in [7, 11) is -5.68. The first kappa shape index (κ1) is 30.8. The van der Waals surface area contributed by atoms with Gasteiger partial charge in [0.1, 0.15) is 0 Å². The number of allylic oxidation sites excluding steroid dienone is 2. The second-order valence-corrected chi connectivity index (χ2v) is 13.2. The molecule has 0 saturated heterocycles. The van der Waals surface area contributed by atoms with Gasteiger partial charge in [0.15, 0.2) is 25.6 Å². The third kappa shape index (κ3) is 6.50. The van der Waals surface area contributed by atoms with Crippen LogP contribution in [0.25, 0.3) is 0 Å². The topological polar surface area (TPSA) is 176 Å². The molecule has 0 aliphatic carbocycles. The average Bonchev–Trinajstić information content (AvgIpc) is 2.85. The zero-order valence-electron chi connectivity index (χ0n) is 23.1. The summed E-state index contributed by atoms with van der Waals surface area (Å²) in [6.07, 6.45) is 2.39. The van der Waals surface area contributed by atoms with E-state index in [0.717, 1.165) is 27.8 Å². The summed E-state index contributed by atoms with van der Waals surface area (Å²) in [5.74, 6) is -1.48. The molecule has 10 nitrogen and oxygen atoms in total. The van der Waals surface area contributed by atoms with Crippen molar-refractivity contribution in [2.45, 2.75) is 63.2 Å². The number of hydrogen-bond donors (Lipinski definition) is 2. The van der Waals surface area contributed by atoms with Crippen molar-refractivity contribution < 1.29 is 31.2 Å². The number of nitrogens with zero attached hydrogens (tertiary/aromatic N) is 1. The summed E-state index contributed by atoms with van der Waals surface area (Å²) < 4.78 is 53.4. The number of rotatable bonds is 4. The van der Waals surface area contributed by atoms with Crippen LogP contribution in [0.3, 0.4) is 0 Å². The molecule has 12 heteroatoms. The zero-order chi connectivity index (χ0) is 30.0. The number of benzene rings is 2. The molecule has 0 radical (unpaired) electrons. The summed E-state index contributed by atoms with van der Waals surface area (Å²) in [6.45, 7) is 7.37. The maximum Gasteiger partial charge on any atom is 0.338 e. The number of sulfone groups is 2. The van der Waals surface area contributed by atoms with E-state index < -0.39 is 31.6 Å². The number of esters is 1. The van der Waals surface area contributed by atoms with E-state index in [1.54, 1.807) is 26.0 Å². The third-order valence-electron chi connectivity index (χ3n) is 6.47. The van der Waals surface area contributed by atoms with Crippen molar-refractivity contribution in [3.63, 3.8) is 0 Å². The lowest BCUT2D eigenvalue weighted by Crippen LogP contribution is -2.24. The Morgan fingerprint density at radius 2 is 1.23 bits per heavy atom. The Bertz CT molecular complexity index is 1700. The normalized spacial score (nSPS) is 16.1. The number of amides is 1. The fraction of sp³-hybridized carbons (Fsp3) is 0.321. The minimum Gasteiger partial charge on any atom is -0.465 e. The predicted molar refractivity (Wildman–Crippen MR) is 152 cm³/mol. The molecule has 2 aromatic carbocycles. The number of guanidine groups is 1. The number of aryl methyl sites for hydroxylation is 2. The van der Waals surface area contributed by atoms with E-state index in [1.165, 1.54) is 30.1 Å². The van der Waals surface area contributed by atoms with Crippen LogP contribution in [0.15, 0.2) is 61.0 Å². The Morgan fingerprint density at radius 3 is 1.62 bits per heavy atom. The molecule has 214 valence electrons. The van der Waals surface area contributed by atoms with Gasteiger partial charge in [0.05, 0.1) is 22.5 Å². The number of methoxy groups -OCH3 is 1. The van der Waals surface area contributed by atoms with Gasteiger partial charge in [-0.2, -0.15) is 4.99 Å². The average molecular weight is 588 g/mol. The van der Waals surface area contributed by atoms with Gasteiger partial charge in [-0.25, -0.2) is 21.6 Å². The molecule has 1 amide bonds. The maximum absolute atomic E-state index is 12.2. The number of nitrogens with two attached hydrogens (primary N) is 2. The number of carbonyl (C=O) groups is 2. The van der Waals surface area contributed by atoms with Crippen molar-refractivity contribution in [1.29, 1.82) is 0 Å². The van der Waals surface area contributed by atoms with Crippen LogP contribution in [0, 0.1) is 0 Å². The largest absolute Gasteiger partial charge is 0.465 e. The Hall–Kier alpha value is -3.77. The highest BCUT2D eigenvalue weighted by atomic mass is 32.2. The fourth-order valence-electron chi connectivity index (χ4n) is 4.76. The van der Waals surface area contributed by atoms with Gasteiger partial charge in [0.2, 0.25) is 0 Å². The summed E-state index contributed by atoms with van der Waals surface area (Å²) >= 11 is 0. The molecule has 2 aromatic rings. The van der Waals surface area contributed by atoms with Crippen LogP contribution < -0.4 is 11.5 Å². The first-order valence-electron chi connectivity index (χ1n) is 12.5. The zero-order valence-corrected chi connectivity index (χ0v) is 24.7. The molecule has 0 aromatic heterocycles. The molecule has 40 heavy (non-hydrogen) atoms. The lowest BCUT2D eigenvalue weighted by Gasteiger charge is -2.18. The quantitative estimate of drug-likeness (QED) is 0.309. The van der Waals surface area contributed by atoms with E-state index in [1.807, 2.05) is 13.8 Å². The van der Waals surface area contributed by atoms with Gasteiger partial charge in [-0.3, -0.25) is 4.79 Å². The van der Waals surface area contributed by atoms with E-state index in [-0.39, 0.29) is 21.3 Å². The van der Waals surface area contributed by atoms with Crippen LogP contribution in [0.2, 0.25) is 0 Å². The third-order valence-corrected chi connectivity index (χ3v) is 9.88. The molecule has 0 unspecified atom stereocenters. The monoisotopic (exact) mass is 587 g/mol. The van der Waals surface area contributed by atoms with Gasteiger partial charge in [-0.15, -0.1) is 0 Å². The van der Waals surface area contributed by atoms with Crippen LogP contribution in [0.1, 0.15) is 70.7 Å². The number of hydrogen-bond acceptors (Lipinski definition) is 7. The molecular formula is C28H33N3O7S2. The van der Waals surface area contributed by atoms with Crippen LogP contribution in [0.5, 0.6) is 0 Å². The smallest absolute Gasteiger partial charge is 0.338 e. The van der Waals surface area contributed by atoms with Crippen LogP contribution in [-0.2, 0) is 50.1 Å². The van der Waals surface area contributed by atoms with Gasteiger partial charge in [-0.05, 0) is 73.9 Å². The molecule has 0 saturated carbocycles.